The van der Waals surface area contributed by atoms with Gasteiger partial charge in [-0.1, -0.05) is 11.8 Å². The summed E-state index contributed by atoms with van der Waals surface area (Å²) >= 11 is 1.16. The maximum absolute atomic E-state index is 11.4. The molecule has 0 aliphatic rings. The summed E-state index contributed by atoms with van der Waals surface area (Å²) in [6, 6.07) is 0. The van der Waals surface area contributed by atoms with E-state index in [1.165, 1.54) is 6.33 Å². The van der Waals surface area contributed by atoms with Crippen LogP contribution in [0.1, 0.15) is 5.82 Å². The highest BCUT2D eigenvalue weighted by molar-refractivity contribution is 8.13. The van der Waals surface area contributed by atoms with Gasteiger partial charge in [0.15, 0.2) is 5.96 Å². The first kappa shape index (κ1) is 15.2. The average Bonchev–Trinajstić information content (AvgIpc) is 2.36. The van der Waals surface area contributed by atoms with Gasteiger partial charge in [0, 0.05) is 26.3 Å². The number of carbonyl (C=O) groups is 1. The molecule has 8 nitrogen and oxygen atoms in total. The molecule has 0 bridgehead atoms. The van der Waals surface area contributed by atoms with Gasteiger partial charge < -0.3 is 16.4 Å². The lowest BCUT2D eigenvalue weighted by Gasteiger charge is -2.09. The third-order valence-electron chi connectivity index (χ3n) is 1.99. The summed E-state index contributed by atoms with van der Waals surface area (Å²) in [5.41, 5.74) is 10.3. The van der Waals surface area contributed by atoms with Gasteiger partial charge in [0.1, 0.15) is 18.7 Å². The van der Waals surface area contributed by atoms with Gasteiger partial charge in [-0.05, 0) is 0 Å². The van der Waals surface area contributed by atoms with Gasteiger partial charge in [-0.25, -0.2) is 15.0 Å². The monoisotopic (exact) mass is 283 g/mol. The lowest BCUT2D eigenvalue weighted by molar-refractivity contribution is -0.109. The average molecular weight is 283 g/mol. The van der Waals surface area contributed by atoms with Crippen LogP contribution in [0.15, 0.2) is 11.3 Å². The van der Waals surface area contributed by atoms with Crippen LogP contribution >= 0.6 is 11.8 Å². The first-order valence-electron chi connectivity index (χ1n) is 5.55. The number of anilines is 1. The van der Waals surface area contributed by atoms with Crippen molar-refractivity contribution in [1.29, 1.82) is 0 Å². The molecule has 1 rings (SSSR count). The van der Waals surface area contributed by atoms with Crippen LogP contribution in [-0.4, -0.2) is 52.4 Å². The third kappa shape index (κ3) is 6.00. The zero-order valence-corrected chi connectivity index (χ0v) is 11.7. The highest BCUT2D eigenvalue weighted by Crippen LogP contribution is 2.07. The lowest BCUT2D eigenvalue weighted by atomic mass is 10.4. The molecule has 0 aliphatic heterocycles. The molecule has 104 valence electrons. The van der Waals surface area contributed by atoms with Crippen LogP contribution < -0.4 is 16.4 Å². The van der Waals surface area contributed by atoms with Gasteiger partial charge in [0.2, 0.25) is 11.1 Å². The molecular formula is C10H17N7OS. The maximum atomic E-state index is 11.4. The first-order chi connectivity index (χ1) is 8.99. The molecule has 0 spiro atoms. The predicted octanol–water partition coefficient (Wildman–Crippen LogP) is -0.987. The standard InChI is InChI=1S/C10H17N7OS/c1-17(2)10-15-6-14-7(16-10)3-4-19-8(18)5-13-9(11)12/h6H,3-5H2,1-2H3,(H4,11,12,13). The van der Waals surface area contributed by atoms with Gasteiger partial charge in [0.05, 0.1) is 0 Å². The smallest absolute Gasteiger partial charge is 0.228 e. The molecule has 9 heteroatoms. The van der Waals surface area contributed by atoms with E-state index in [9.17, 15) is 4.79 Å². The van der Waals surface area contributed by atoms with Gasteiger partial charge in [-0.3, -0.25) is 4.79 Å². The number of carbonyl (C=O) groups excluding carboxylic acids is 1. The molecule has 19 heavy (non-hydrogen) atoms. The number of guanidine groups is 1. The summed E-state index contributed by atoms with van der Waals surface area (Å²) in [6.45, 7) is -0.00680. The topological polar surface area (TPSA) is 123 Å². The minimum Gasteiger partial charge on any atom is -0.370 e. The number of nitrogens with zero attached hydrogens (tertiary/aromatic N) is 5. The maximum Gasteiger partial charge on any atom is 0.228 e. The fourth-order valence-corrected chi connectivity index (χ4v) is 1.78. The molecular weight excluding hydrogens is 266 g/mol. The van der Waals surface area contributed by atoms with Crippen molar-refractivity contribution in [3.05, 3.63) is 12.2 Å². The Morgan fingerprint density at radius 3 is 2.79 bits per heavy atom. The molecule has 1 aromatic rings. The summed E-state index contributed by atoms with van der Waals surface area (Å²) in [7, 11) is 3.71. The van der Waals surface area contributed by atoms with Crippen LogP contribution in [0.4, 0.5) is 5.95 Å². The Morgan fingerprint density at radius 1 is 1.42 bits per heavy atom. The fourth-order valence-electron chi connectivity index (χ4n) is 1.11. The van der Waals surface area contributed by atoms with E-state index in [1.807, 2.05) is 14.1 Å². The van der Waals surface area contributed by atoms with Crippen LogP contribution in [0.2, 0.25) is 0 Å². The quantitative estimate of drug-likeness (QED) is 0.504. The minimum atomic E-state index is -0.0877. The highest BCUT2D eigenvalue weighted by Gasteiger charge is 2.05. The number of aliphatic imine (C=N–C) groups is 1. The Hall–Kier alpha value is -1.90. The molecule has 0 radical (unpaired) electrons. The number of thioether (sulfide) groups is 1. The summed E-state index contributed by atoms with van der Waals surface area (Å²) in [5, 5.41) is -0.0877. The molecule has 0 fully saturated rings. The normalized spacial score (nSPS) is 10.0. The number of rotatable bonds is 6. The van der Waals surface area contributed by atoms with Gasteiger partial charge >= 0.3 is 0 Å². The van der Waals surface area contributed by atoms with Crippen LogP contribution in [0.5, 0.6) is 0 Å². The lowest BCUT2D eigenvalue weighted by Crippen LogP contribution is -2.23. The fraction of sp³-hybridized carbons (Fsp3) is 0.500. The van der Waals surface area contributed by atoms with Crippen LogP contribution in [0.25, 0.3) is 0 Å². The van der Waals surface area contributed by atoms with E-state index in [0.29, 0.717) is 23.9 Å². The molecule has 0 atom stereocenters. The predicted molar refractivity (Wildman–Crippen MR) is 76.0 cm³/mol. The second-order valence-electron chi connectivity index (χ2n) is 3.81. The van der Waals surface area contributed by atoms with Gasteiger partial charge in [-0.15, -0.1) is 0 Å². The number of aromatic nitrogens is 3. The Labute approximate surface area is 115 Å². The highest BCUT2D eigenvalue weighted by atomic mass is 32.2. The summed E-state index contributed by atoms with van der Waals surface area (Å²) < 4.78 is 0. The van der Waals surface area contributed by atoms with E-state index in [4.69, 9.17) is 11.5 Å². The molecule has 0 saturated carbocycles. The van der Waals surface area contributed by atoms with E-state index in [2.05, 4.69) is 19.9 Å². The minimum absolute atomic E-state index is 0.00680. The second-order valence-corrected chi connectivity index (χ2v) is 4.96. The molecule has 0 aromatic carbocycles. The number of nitrogens with two attached hydrogens (primary N) is 2. The van der Waals surface area contributed by atoms with E-state index in [1.54, 1.807) is 4.90 Å². The number of aryl methyl sites for hydroxylation is 1. The van der Waals surface area contributed by atoms with Crippen molar-refractivity contribution in [2.24, 2.45) is 16.5 Å². The van der Waals surface area contributed by atoms with Gasteiger partial charge in [0.25, 0.3) is 0 Å². The third-order valence-corrected chi connectivity index (χ3v) is 2.85. The van der Waals surface area contributed by atoms with Crippen molar-refractivity contribution >= 4 is 28.8 Å². The summed E-state index contributed by atoms with van der Waals surface area (Å²) in [6.07, 6.45) is 2.05. The molecule has 0 aliphatic carbocycles. The summed E-state index contributed by atoms with van der Waals surface area (Å²) in [5.74, 6) is 1.75. The molecule has 1 heterocycles. The van der Waals surface area contributed by atoms with E-state index in [0.717, 1.165) is 11.8 Å². The molecule has 0 unspecified atom stereocenters. The van der Waals surface area contributed by atoms with Crippen molar-refractivity contribution in [2.45, 2.75) is 6.42 Å². The van der Waals surface area contributed by atoms with Crippen molar-refractivity contribution in [3.63, 3.8) is 0 Å². The Morgan fingerprint density at radius 2 is 2.16 bits per heavy atom. The van der Waals surface area contributed by atoms with Crippen molar-refractivity contribution in [2.75, 3.05) is 31.3 Å². The van der Waals surface area contributed by atoms with Crippen molar-refractivity contribution in [3.8, 4) is 0 Å². The van der Waals surface area contributed by atoms with E-state index < -0.39 is 0 Å². The Kier molecular flexibility index (Phi) is 6.00. The zero-order valence-electron chi connectivity index (χ0n) is 10.9. The molecule has 1 aromatic heterocycles. The van der Waals surface area contributed by atoms with Crippen molar-refractivity contribution in [1.82, 2.24) is 15.0 Å². The van der Waals surface area contributed by atoms with E-state index in [-0.39, 0.29) is 17.6 Å². The van der Waals surface area contributed by atoms with Crippen LogP contribution in [-0.2, 0) is 11.2 Å². The Bertz CT molecular complexity index is 459. The van der Waals surface area contributed by atoms with Gasteiger partial charge in [-0.2, -0.15) is 4.98 Å². The number of hydrogen-bond acceptors (Lipinski definition) is 7. The SMILES string of the molecule is CN(C)c1ncnc(CCSC(=O)CN=C(N)N)n1. The largest absolute Gasteiger partial charge is 0.370 e. The second kappa shape index (κ2) is 7.52. The number of hydrogen-bond donors (Lipinski definition) is 2. The van der Waals surface area contributed by atoms with E-state index >= 15 is 0 Å². The van der Waals surface area contributed by atoms with Crippen LogP contribution in [0, 0.1) is 0 Å². The summed E-state index contributed by atoms with van der Waals surface area (Å²) in [4.78, 5) is 29.2. The first-order valence-corrected chi connectivity index (χ1v) is 6.54. The zero-order chi connectivity index (χ0) is 14.3. The van der Waals surface area contributed by atoms with Crippen molar-refractivity contribution < 1.29 is 4.79 Å². The molecule has 4 N–H and O–H groups in total. The molecule has 0 amide bonds. The Balaban J connectivity index is 2.39. The molecule has 0 saturated heterocycles. The van der Waals surface area contributed by atoms with Crippen LogP contribution in [0.3, 0.4) is 0 Å².